The molecule has 0 aromatic rings. The lowest BCUT2D eigenvalue weighted by molar-refractivity contribution is 0.0833. The van der Waals surface area contributed by atoms with Crippen LogP contribution in [-0.4, -0.2) is 43.3 Å². The third-order valence-corrected chi connectivity index (χ3v) is 3.43. The molecule has 2 saturated heterocycles. The Morgan fingerprint density at radius 3 is 2.69 bits per heavy atom. The summed E-state index contributed by atoms with van der Waals surface area (Å²) in [5.41, 5.74) is 0. The topological polar surface area (TPSA) is 41.6 Å². The van der Waals surface area contributed by atoms with Crippen LogP contribution in [0.3, 0.4) is 0 Å². The molecule has 0 bridgehead atoms. The standard InChI is InChI=1S/C12H22N2O2/c15-12(14-8-4-1-5-9-14)16-10-11-6-2-3-7-13-11/h11,13H,1-10H2/t11-/m0/s1. The molecule has 2 rings (SSSR count). The Morgan fingerprint density at radius 1 is 1.19 bits per heavy atom. The summed E-state index contributed by atoms with van der Waals surface area (Å²) in [7, 11) is 0. The van der Waals surface area contributed by atoms with Gasteiger partial charge in [0, 0.05) is 19.1 Å². The van der Waals surface area contributed by atoms with E-state index in [0.29, 0.717) is 12.6 Å². The van der Waals surface area contributed by atoms with Crippen LogP contribution in [0.1, 0.15) is 38.5 Å². The number of hydrogen-bond donors (Lipinski definition) is 1. The maximum Gasteiger partial charge on any atom is 0.409 e. The zero-order valence-corrected chi connectivity index (χ0v) is 9.91. The number of hydrogen-bond acceptors (Lipinski definition) is 3. The van der Waals surface area contributed by atoms with Gasteiger partial charge in [0.2, 0.25) is 0 Å². The summed E-state index contributed by atoms with van der Waals surface area (Å²) in [6.45, 7) is 3.34. The predicted octanol–water partition coefficient (Wildman–Crippen LogP) is 1.75. The Morgan fingerprint density at radius 2 is 2.00 bits per heavy atom. The van der Waals surface area contributed by atoms with Gasteiger partial charge in [-0.2, -0.15) is 0 Å². The van der Waals surface area contributed by atoms with Gasteiger partial charge in [-0.15, -0.1) is 0 Å². The number of nitrogens with zero attached hydrogens (tertiary/aromatic N) is 1. The molecule has 2 aliphatic heterocycles. The second kappa shape index (κ2) is 6.09. The van der Waals surface area contributed by atoms with Gasteiger partial charge in [-0.05, 0) is 38.6 Å². The summed E-state index contributed by atoms with van der Waals surface area (Å²) in [6.07, 6.45) is 7.00. The van der Waals surface area contributed by atoms with Gasteiger partial charge >= 0.3 is 6.09 Å². The van der Waals surface area contributed by atoms with E-state index in [0.717, 1.165) is 38.9 Å². The Kier molecular flexibility index (Phi) is 4.45. The summed E-state index contributed by atoms with van der Waals surface area (Å²) in [5.74, 6) is 0. The number of rotatable bonds is 2. The van der Waals surface area contributed by atoms with Crippen LogP contribution in [0.2, 0.25) is 0 Å². The molecule has 1 N–H and O–H groups in total. The number of amides is 1. The first-order chi connectivity index (χ1) is 7.86. The lowest BCUT2D eigenvalue weighted by atomic mass is 10.1. The van der Waals surface area contributed by atoms with E-state index in [1.54, 1.807) is 0 Å². The largest absolute Gasteiger partial charge is 0.448 e. The van der Waals surface area contributed by atoms with Gasteiger partial charge in [-0.25, -0.2) is 4.79 Å². The zero-order valence-electron chi connectivity index (χ0n) is 9.91. The van der Waals surface area contributed by atoms with E-state index in [-0.39, 0.29) is 6.09 Å². The number of nitrogens with one attached hydrogen (secondary N) is 1. The average Bonchev–Trinajstić information content (AvgIpc) is 2.38. The molecule has 0 saturated carbocycles. The Bertz CT molecular complexity index is 221. The van der Waals surface area contributed by atoms with E-state index in [1.165, 1.54) is 19.3 Å². The lowest BCUT2D eigenvalue weighted by Gasteiger charge is -2.28. The Hall–Kier alpha value is -0.770. The van der Waals surface area contributed by atoms with E-state index < -0.39 is 0 Å². The summed E-state index contributed by atoms with van der Waals surface area (Å²) >= 11 is 0. The van der Waals surface area contributed by atoms with Crippen molar-refractivity contribution in [2.24, 2.45) is 0 Å². The van der Waals surface area contributed by atoms with Crippen molar-refractivity contribution < 1.29 is 9.53 Å². The highest BCUT2D eigenvalue weighted by molar-refractivity contribution is 5.67. The van der Waals surface area contributed by atoms with Gasteiger partial charge in [0.1, 0.15) is 6.61 Å². The highest BCUT2D eigenvalue weighted by Crippen LogP contribution is 2.11. The molecule has 1 amide bonds. The molecule has 4 nitrogen and oxygen atoms in total. The van der Waals surface area contributed by atoms with E-state index in [1.807, 2.05) is 4.90 Å². The fourth-order valence-electron chi connectivity index (χ4n) is 2.41. The van der Waals surface area contributed by atoms with Crippen LogP contribution in [0.4, 0.5) is 4.79 Å². The minimum atomic E-state index is -0.118. The second-order valence-corrected chi connectivity index (χ2v) is 4.77. The number of piperidine rings is 2. The van der Waals surface area contributed by atoms with Crippen molar-refractivity contribution in [1.29, 1.82) is 0 Å². The normalized spacial score (nSPS) is 26.5. The first-order valence-corrected chi connectivity index (χ1v) is 6.51. The molecule has 0 radical (unpaired) electrons. The number of likely N-dealkylation sites (tertiary alicyclic amines) is 1. The Balaban J connectivity index is 1.65. The van der Waals surface area contributed by atoms with Crippen LogP contribution >= 0.6 is 0 Å². The van der Waals surface area contributed by atoms with Gasteiger partial charge in [0.15, 0.2) is 0 Å². The molecule has 0 spiro atoms. The highest BCUT2D eigenvalue weighted by atomic mass is 16.6. The molecule has 0 aromatic heterocycles. The molecule has 16 heavy (non-hydrogen) atoms. The molecular formula is C12H22N2O2. The van der Waals surface area contributed by atoms with E-state index in [9.17, 15) is 4.79 Å². The molecule has 2 heterocycles. The number of carbonyl (C=O) groups is 1. The molecule has 2 aliphatic rings. The van der Waals surface area contributed by atoms with Crippen molar-refractivity contribution in [3.8, 4) is 0 Å². The quantitative estimate of drug-likeness (QED) is 0.780. The third kappa shape index (κ3) is 3.37. The van der Waals surface area contributed by atoms with Crippen LogP contribution in [-0.2, 0) is 4.74 Å². The minimum Gasteiger partial charge on any atom is -0.448 e. The summed E-state index contributed by atoms with van der Waals surface area (Å²) in [5, 5.41) is 3.38. The first kappa shape index (κ1) is 11.7. The van der Waals surface area contributed by atoms with Crippen LogP contribution < -0.4 is 5.32 Å². The van der Waals surface area contributed by atoms with Gasteiger partial charge in [0.05, 0.1) is 0 Å². The fourth-order valence-corrected chi connectivity index (χ4v) is 2.41. The average molecular weight is 226 g/mol. The lowest BCUT2D eigenvalue weighted by Crippen LogP contribution is -2.41. The van der Waals surface area contributed by atoms with Crippen LogP contribution in [0, 0.1) is 0 Å². The monoisotopic (exact) mass is 226 g/mol. The summed E-state index contributed by atoms with van der Waals surface area (Å²) in [4.78, 5) is 13.6. The molecule has 92 valence electrons. The van der Waals surface area contributed by atoms with Crippen molar-refractivity contribution in [2.75, 3.05) is 26.2 Å². The smallest absolute Gasteiger partial charge is 0.409 e. The molecule has 2 fully saturated rings. The molecule has 0 aliphatic carbocycles. The third-order valence-electron chi connectivity index (χ3n) is 3.43. The van der Waals surface area contributed by atoms with Crippen LogP contribution in [0.15, 0.2) is 0 Å². The minimum absolute atomic E-state index is 0.118. The van der Waals surface area contributed by atoms with Gasteiger partial charge < -0.3 is 15.0 Å². The number of ether oxygens (including phenoxy) is 1. The van der Waals surface area contributed by atoms with E-state index >= 15 is 0 Å². The van der Waals surface area contributed by atoms with Gasteiger partial charge in [-0.1, -0.05) is 6.42 Å². The second-order valence-electron chi connectivity index (χ2n) is 4.77. The predicted molar refractivity (Wildman–Crippen MR) is 62.4 cm³/mol. The first-order valence-electron chi connectivity index (χ1n) is 6.51. The van der Waals surface area contributed by atoms with Crippen LogP contribution in [0.25, 0.3) is 0 Å². The molecular weight excluding hydrogens is 204 g/mol. The van der Waals surface area contributed by atoms with Gasteiger partial charge in [0.25, 0.3) is 0 Å². The van der Waals surface area contributed by atoms with Crippen molar-refractivity contribution in [3.63, 3.8) is 0 Å². The van der Waals surface area contributed by atoms with Crippen molar-refractivity contribution in [3.05, 3.63) is 0 Å². The molecule has 4 heteroatoms. The van der Waals surface area contributed by atoms with Crippen molar-refractivity contribution in [2.45, 2.75) is 44.6 Å². The highest BCUT2D eigenvalue weighted by Gasteiger charge is 2.20. The van der Waals surface area contributed by atoms with E-state index in [4.69, 9.17) is 4.74 Å². The van der Waals surface area contributed by atoms with Crippen molar-refractivity contribution in [1.82, 2.24) is 10.2 Å². The maximum absolute atomic E-state index is 11.7. The molecule has 0 unspecified atom stereocenters. The molecule has 0 aromatic carbocycles. The van der Waals surface area contributed by atoms with Crippen molar-refractivity contribution >= 4 is 6.09 Å². The van der Waals surface area contributed by atoms with Crippen LogP contribution in [0.5, 0.6) is 0 Å². The summed E-state index contributed by atoms with van der Waals surface area (Å²) < 4.78 is 5.35. The fraction of sp³-hybridized carbons (Fsp3) is 0.917. The molecule has 1 atom stereocenters. The van der Waals surface area contributed by atoms with Gasteiger partial charge in [-0.3, -0.25) is 0 Å². The summed E-state index contributed by atoms with van der Waals surface area (Å²) in [6, 6.07) is 0.377. The number of carbonyl (C=O) groups excluding carboxylic acids is 1. The SMILES string of the molecule is O=C(OC[C@@H]1CCCCN1)N1CCCCC1. The Labute approximate surface area is 97.3 Å². The maximum atomic E-state index is 11.7. The zero-order chi connectivity index (χ0) is 11.2. The van der Waals surface area contributed by atoms with E-state index in [2.05, 4.69) is 5.32 Å².